The van der Waals surface area contributed by atoms with Crippen molar-refractivity contribution in [2.75, 3.05) is 11.5 Å². The third-order valence-electron chi connectivity index (χ3n) is 3.61. The van der Waals surface area contributed by atoms with Crippen LogP contribution in [0.3, 0.4) is 0 Å². The van der Waals surface area contributed by atoms with Gasteiger partial charge in [-0.2, -0.15) is 4.98 Å². The van der Waals surface area contributed by atoms with E-state index < -0.39 is 0 Å². The first-order valence-electron chi connectivity index (χ1n) is 8.81. The summed E-state index contributed by atoms with van der Waals surface area (Å²) in [5, 5.41) is 1.27. The Morgan fingerprint density at radius 2 is 2.04 bits per heavy atom. The fourth-order valence-corrected chi connectivity index (χ4v) is 4.15. The molecule has 2 rings (SSSR count). The van der Waals surface area contributed by atoms with Crippen LogP contribution in [0.25, 0.3) is 0 Å². The molecule has 1 unspecified atom stereocenters. The molecule has 9 heteroatoms. The Labute approximate surface area is 175 Å². The van der Waals surface area contributed by atoms with Crippen LogP contribution in [0.5, 0.6) is 0 Å². The fraction of sp³-hybridized carbons (Fsp3) is 0.368. The van der Waals surface area contributed by atoms with Gasteiger partial charge >= 0.3 is 0 Å². The molecule has 0 saturated carbocycles. The van der Waals surface area contributed by atoms with Gasteiger partial charge in [0.2, 0.25) is 5.95 Å². The molecule has 2 aromatic heterocycles. The summed E-state index contributed by atoms with van der Waals surface area (Å²) in [4.78, 5) is 17.1. The lowest BCUT2D eigenvalue weighted by Crippen LogP contribution is -2.07. The van der Waals surface area contributed by atoms with Gasteiger partial charge in [0.1, 0.15) is 5.82 Å². The molecule has 0 fully saturated rings. The van der Waals surface area contributed by atoms with Crippen LogP contribution in [0, 0.1) is 0 Å². The Hall–Kier alpha value is -2.39. The molecule has 0 saturated heterocycles. The number of thiazole rings is 1. The van der Waals surface area contributed by atoms with Gasteiger partial charge in [0.15, 0.2) is 0 Å². The molecule has 0 aromatic carbocycles. The standard InChI is InChI=1S/C17H24N6S2.C2H5N/c1-5-10(2)8-20-11(3)12(4)24-16-9-21-15(25-16)7-13-6-14(18)23-17(19)22-13;1-2-3/h6,8-9,12H,5,7H2,1-4H3,(H4,18,19,22,23);2H,1,3H2/b10-8+,20-11?;. The highest BCUT2D eigenvalue weighted by Gasteiger charge is 2.12. The maximum atomic E-state index is 5.71. The van der Waals surface area contributed by atoms with E-state index in [-0.39, 0.29) is 5.95 Å². The van der Waals surface area contributed by atoms with E-state index in [1.807, 2.05) is 12.4 Å². The maximum absolute atomic E-state index is 5.71. The van der Waals surface area contributed by atoms with Crippen LogP contribution in [0.2, 0.25) is 0 Å². The van der Waals surface area contributed by atoms with E-state index in [2.05, 4.69) is 60.0 Å². The van der Waals surface area contributed by atoms with Gasteiger partial charge < -0.3 is 17.2 Å². The van der Waals surface area contributed by atoms with Gasteiger partial charge in [0, 0.05) is 29.6 Å². The molecule has 0 aliphatic heterocycles. The number of nitrogen functional groups attached to an aromatic ring is 2. The number of aromatic nitrogens is 3. The molecule has 28 heavy (non-hydrogen) atoms. The topological polar surface area (TPSA) is 129 Å². The lowest BCUT2D eigenvalue weighted by molar-refractivity contribution is 1.03. The molecule has 0 spiro atoms. The summed E-state index contributed by atoms with van der Waals surface area (Å²) in [7, 11) is 0. The van der Waals surface area contributed by atoms with Crippen molar-refractivity contribution in [1.29, 1.82) is 0 Å². The third kappa shape index (κ3) is 8.53. The first kappa shape index (κ1) is 23.6. The van der Waals surface area contributed by atoms with Crippen molar-refractivity contribution in [3.05, 3.63) is 47.5 Å². The van der Waals surface area contributed by atoms with Gasteiger partial charge in [0.25, 0.3) is 0 Å². The van der Waals surface area contributed by atoms with Gasteiger partial charge in [-0.05, 0) is 33.4 Å². The molecule has 7 nitrogen and oxygen atoms in total. The average Bonchev–Trinajstić information content (AvgIpc) is 3.05. The molecule has 0 bridgehead atoms. The largest absolute Gasteiger partial charge is 0.405 e. The van der Waals surface area contributed by atoms with E-state index in [0.29, 0.717) is 17.5 Å². The van der Waals surface area contributed by atoms with Crippen molar-refractivity contribution in [2.24, 2.45) is 10.7 Å². The van der Waals surface area contributed by atoms with Crippen LogP contribution in [-0.4, -0.2) is 25.9 Å². The van der Waals surface area contributed by atoms with Gasteiger partial charge in [-0.15, -0.1) is 23.1 Å². The second-order valence-electron chi connectivity index (χ2n) is 5.99. The second-order valence-corrected chi connectivity index (χ2v) is 8.74. The van der Waals surface area contributed by atoms with E-state index in [9.17, 15) is 0 Å². The van der Waals surface area contributed by atoms with Crippen LogP contribution in [0.1, 0.15) is 44.8 Å². The van der Waals surface area contributed by atoms with E-state index >= 15 is 0 Å². The average molecular weight is 420 g/mol. The van der Waals surface area contributed by atoms with Gasteiger partial charge in [-0.3, -0.25) is 4.99 Å². The summed E-state index contributed by atoms with van der Waals surface area (Å²) in [6.45, 7) is 11.6. The van der Waals surface area contributed by atoms with Crippen LogP contribution < -0.4 is 17.2 Å². The Morgan fingerprint density at radius 1 is 1.36 bits per heavy atom. The van der Waals surface area contributed by atoms with Crippen LogP contribution in [0.15, 0.2) is 46.0 Å². The molecule has 0 radical (unpaired) electrons. The van der Waals surface area contributed by atoms with Crippen molar-refractivity contribution in [3.8, 4) is 0 Å². The molecular weight excluding hydrogens is 390 g/mol. The van der Waals surface area contributed by atoms with Crippen molar-refractivity contribution < 1.29 is 0 Å². The van der Waals surface area contributed by atoms with Gasteiger partial charge in [-0.1, -0.05) is 19.1 Å². The van der Waals surface area contributed by atoms with Crippen molar-refractivity contribution in [2.45, 2.75) is 50.0 Å². The highest BCUT2D eigenvalue weighted by molar-refractivity contribution is 8.02. The fourth-order valence-electron chi connectivity index (χ4n) is 1.88. The molecule has 152 valence electrons. The Kier molecular flexibility index (Phi) is 10.3. The Morgan fingerprint density at radius 3 is 2.64 bits per heavy atom. The third-order valence-corrected chi connectivity index (χ3v) is 5.97. The summed E-state index contributed by atoms with van der Waals surface area (Å²) in [5.74, 6) is 0.571. The second kappa shape index (κ2) is 12.1. The molecule has 2 aromatic rings. The first-order valence-corrected chi connectivity index (χ1v) is 10.5. The van der Waals surface area contributed by atoms with Crippen LogP contribution >= 0.6 is 23.1 Å². The monoisotopic (exact) mass is 419 g/mol. The minimum Gasteiger partial charge on any atom is -0.405 e. The molecule has 0 aliphatic carbocycles. The highest BCUT2D eigenvalue weighted by Crippen LogP contribution is 2.30. The number of allylic oxidation sites excluding steroid dienone is 1. The summed E-state index contributed by atoms with van der Waals surface area (Å²) < 4.78 is 1.16. The van der Waals surface area contributed by atoms with E-state index in [1.165, 1.54) is 11.8 Å². The summed E-state index contributed by atoms with van der Waals surface area (Å²) in [6, 6.07) is 1.73. The number of nitrogens with zero attached hydrogens (tertiary/aromatic N) is 4. The van der Waals surface area contributed by atoms with E-state index in [1.54, 1.807) is 29.2 Å². The zero-order valence-electron chi connectivity index (χ0n) is 16.8. The van der Waals surface area contributed by atoms with Crippen LogP contribution in [0.4, 0.5) is 11.8 Å². The number of anilines is 2. The van der Waals surface area contributed by atoms with Crippen LogP contribution in [-0.2, 0) is 6.42 Å². The zero-order valence-corrected chi connectivity index (χ0v) is 18.5. The summed E-state index contributed by atoms with van der Waals surface area (Å²) in [6.07, 6.45) is 6.72. The quantitative estimate of drug-likeness (QED) is 0.456. The normalized spacial score (nSPS) is 12.9. The smallest absolute Gasteiger partial charge is 0.222 e. The summed E-state index contributed by atoms with van der Waals surface area (Å²) in [5.41, 5.74) is 19.1. The van der Waals surface area contributed by atoms with Gasteiger partial charge in [0.05, 0.1) is 21.1 Å². The SMILES string of the molecule is C=CN.CC/C(C)=C/N=C(C)C(C)Sc1cnc(Cc2cc(N)nc(N)n2)s1. The number of hydrogen-bond donors (Lipinski definition) is 3. The molecule has 6 N–H and O–H groups in total. The van der Waals surface area contributed by atoms with Crippen molar-refractivity contribution in [1.82, 2.24) is 15.0 Å². The molecule has 0 aliphatic rings. The van der Waals surface area contributed by atoms with Crippen molar-refractivity contribution >= 4 is 40.6 Å². The van der Waals surface area contributed by atoms with E-state index in [4.69, 9.17) is 11.5 Å². The molecule has 0 amide bonds. The first-order chi connectivity index (χ1) is 13.3. The highest BCUT2D eigenvalue weighted by atomic mass is 32.2. The maximum Gasteiger partial charge on any atom is 0.222 e. The minimum atomic E-state index is 0.192. The minimum absolute atomic E-state index is 0.192. The number of nitrogens with two attached hydrogens (primary N) is 3. The molecular formula is C19H29N7S2. The molecule has 2 heterocycles. The Bertz CT molecular complexity index is 807. The molecule has 1 atom stereocenters. The number of aliphatic imine (C=N–C) groups is 1. The Balaban J connectivity index is 0.00000122. The zero-order chi connectivity index (χ0) is 21.1. The summed E-state index contributed by atoms with van der Waals surface area (Å²) >= 11 is 3.42. The van der Waals surface area contributed by atoms with Gasteiger partial charge in [-0.25, -0.2) is 9.97 Å². The van der Waals surface area contributed by atoms with Crippen molar-refractivity contribution in [3.63, 3.8) is 0 Å². The van der Waals surface area contributed by atoms with E-state index in [0.717, 1.165) is 27.0 Å². The number of hydrogen-bond acceptors (Lipinski definition) is 9. The number of thioether (sulfide) groups is 1. The number of rotatable bonds is 7. The predicted molar refractivity (Wildman–Crippen MR) is 123 cm³/mol. The predicted octanol–water partition coefficient (Wildman–Crippen LogP) is 4.03. The lowest BCUT2D eigenvalue weighted by Gasteiger charge is -2.08. The lowest BCUT2D eigenvalue weighted by atomic mass is 10.2.